The Bertz CT molecular complexity index is 5110. The molecular formula is C120H170N2O9S3. The highest BCUT2D eigenvalue weighted by atomic mass is 32.2. The molecule has 0 aliphatic carbocycles. The molecule has 0 unspecified atom stereocenters. The Morgan fingerprint density at radius 1 is 0.433 bits per heavy atom. The minimum absolute atomic E-state index is 0.150. The molecule has 10 aromatic rings. The van der Waals surface area contributed by atoms with Gasteiger partial charge in [-0.1, -0.05) is 398 Å². The summed E-state index contributed by atoms with van der Waals surface area (Å²) in [5, 5.41) is 5.28. The van der Waals surface area contributed by atoms with E-state index < -0.39 is 0 Å². The van der Waals surface area contributed by atoms with E-state index in [1.54, 1.807) is 29.4 Å². The maximum Gasteiger partial charge on any atom is 0.179 e. The number of benzene rings is 7. The first-order chi connectivity index (χ1) is 61.6. The molecule has 10 rings (SSSR count). The third kappa shape index (κ3) is 50.4. The topological polar surface area (TPSA) is 181 Å². The highest BCUT2D eigenvalue weighted by Gasteiger charge is 2.29. The van der Waals surface area contributed by atoms with Crippen LogP contribution in [-0.2, 0) is 66.3 Å². The number of nitrogens with two attached hydrogens (primary N) is 1. The van der Waals surface area contributed by atoms with Crippen molar-refractivity contribution in [3.8, 4) is 17.0 Å². The summed E-state index contributed by atoms with van der Waals surface area (Å²) < 4.78 is 10.9. The van der Waals surface area contributed by atoms with E-state index in [4.69, 9.17) is 14.9 Å². The lowest BCUT2D eigenvalue weighted by Crippen LogP contribution is -2.22. The van der Waals surface area contributed by atoms with Gasteiger partial charge in [0.25, 0.3) is 0 Å². The molecule has 0 bridgehead atoms. The lowest BCUT2D eigenvalue weighted by Gasteiger charge is -2.20. The summed E-state index contributed by atoms with van der Waals surface area (Å²) in [5.41, 5.74) is 23.1. The van der Waals surface area contributed by atoms with Gasteiger partial charge < -0.3 is 14.9 Å². The minimum atomic E-state index is -0.333. The van der Waals surface area contributed by atoms with Crippen LogP contribution in [0.15, 0.2) is 221 Å². The van der Waals surface area contributed by atoms with Gasteiger partial charge in [-0.15, -0.1) is 34.4 Å². The third-order valence-corrected chi connectivity index (χ3v) is 25.3. The van der Waals surface area contributed by atoms with Gasteiger partial charge in [0.1, 0.15) is 46.2 Å². The number of ketones is 7. The molecular weight excluding hydrogens is 1710 g/mol. The number of hydrogen-bond acceptors (Lipinski definition) is 14. The van der Waals surface area contributed by atoms with E-state index in [9.17, 15) is 33.6 Å². The van der Waals surface area contributed by atoms with E-state index in [-0.39, 0.29) is 54.9 Å². The Balaban J connectivity index is 0.000000510. The molecule has 0 saturated carbocycles. The lowest BCUT2D eigenvalue weighted by molar-refractivity contribution is -0.127. The van der Waals surface area contributed by atoms with Crippen molar-refractivity contribution in [2.24, 2.45) is 49.1 Å². The number of carbonyl (C=O) groups is 7. The number of carbonyl (C=O) groups excluding carboxylic acids is 7. The van der Waals surface area contributed by atoms with E-state index in [2.05, 4.69) is 222 Å². The van der Waals surface area contributed by atoms with Crippen molar-refractivity contribution in [1.82, 2.24) is 4.98 Å². The molecule has 0 amide bonds. The third-order valence-electron chi connectivity index (χ3n) is 21.8. The Morgan fingerprint density at radius 2 is 0.836 bits per heavy atom. The molecule has 11 nitrogen and oxygen atoms in total. The second-order valence-corrected chi connectivity index (χ2v) is 47.9. The number of hydrogen-bond donors (Lipinski definition) is 1. The van der Waals surface area contributed by atoms with Crippen LogP contribution in [0.1, 0.15) is 325 Å². The average molecular weight is 1880 g/mol. The molecule has 1 atom stereocenters. The van der Waals surface area contributed by atoms with E-state index in [1.807, 2.05) is 231 Å². The molecule has 3 heterocycles. The Labute approximate surface area is 824 Å². The number of aromatic nitrogens is 1. The molecule has 14 heteroatoms. The van der Waals surface area contributed by atoms with Gasteiger partial charge in [0.2, 0.25) is 0 Å². The van der Waals surface area contributed by atoms with Gasteiger partial charge in [-0.25, -0.2) is 4.98 Å². The average Bonchev–Trinajstić information content (AvgIpc) is 1.74. The fourth-order valence-corrected chi connectivity index (χ4v) is 14.9. The van der Waals surface area contributed by atoms with Gasteiger partial charge in [0, 0.05) is 115 Å². The van der Waals surface area contributed by atoms with Crippen molar-refractivity contribution in [2.45, 2.75) is 330 Å². The first-order valence-corrected chi connectivity index (χ1v) is 50.2. The van der Waals surface area contributed by atoms with E-state index >= 15 is 0 Å². The van der Waals surface area contributed by atoms with Crippen LogP contribution in [0.25, 0.3) is 11.3 Å². The second kappa shape index (κ2) is 55.7. The highest BCUT2D eigenvalue weighted by molar-refractivity contribution is 7.99. The van der Waals surface area contributed by atoms with Gasteiger partial charge >= 0.3 is 0 Å². The molecule has 0 spiro atoms. The van der Waals surface area contributed by atoms with Gasteiger partial charge in [-0.2, -0.15) is 0 Å². The van der Waals surface area contributed by atoms with Crippen LogP contribution in [0, 0.1) is 98.7 Å². The second-order valence-electron chi connectivity index (χ2n) is 45.1. The monoisotopic (exact) mass is 1880 g/mol. The predicted molar refractivity (Wildman–Crippen MR) is 575 cm³/mol. The Morgan fingerprint density at radius 3 is 1.21 bits per heavy atom. The molecule has 2 N–H and O–H groups in total. The molecule has 0 radical (unpaired) electrons. The Kier molecular flexibility index (Phi) is 50.1. The molecule has 732 valence electrons. The van der Waals surface area contributed by atoms with Gasteiger partial charge in [0.05, 0.1) is 28.4 Å². The van der Waals surface area contributed by atoms with E-state index in [0.29, 0.717) is 90.2 Å². The summed E-state index contributed by atoms with van der Waals surface area (Å²) >= 11 is 4.81. The SMILES string of the molecule is C=C(N)CSc1ccsc1C(=O)C(C)(C)C.CC(C)(C)c1nc(-c2ccccc2)cs1.Cc1ccc(CC(=O)C(C)(C)C)cc1.Cc1ccc(CCC(=O)C(C)(C)C)cc1.Cc1ccc(CCC(=O)C(C)(C)C)cc1.Cc1ccc(OCCC(C)(C)C)cc1.Cc1ccc([C@@H](C)CC(=O)C(C)(C)C)cc1.Cc1cccc(CCC(=O)C(C)(C)C)c1.Cc1coc(C)c1CC(=O)C(C)(C)C. The number of thiophene rings is 1. The van der Waals surface area contributed by atoms with Crippen LogP contribution in [0.3, 0.4) is 0 Å². The largest absolute Gasteiger partial charge is 0.494 e. The van der Waals surface area contributed by atoms with Gasteiger partial charge in [-0.05, 0) is 149 Å². The fourth-order valence-electron chi connectivity index (χ4n) is 11.9. The number of nitrogens with zero attached hydrogens (tertiary/aromatic N) is 1. The maximum atomic E-state index is 12.1. The Hall–Kier alpha value is -9.47. The van der Waals surface area contributed by atoms with Crippen molar-refractivity contribution in [3.63, 3.8) is 0 Å². The van der Waals surface area contributed by atoms with Crippen LogP contribution < -0.4 is 10.5 Å². The first-order valence-electron chi connectivity index (χ1n) is 47.5. The number of rotatable bonds is 24. The van der Waals surface area contributed by atoms with Crippen LogP contribution >= 0.6 is 34.4 Å². The number of ether oxygens (including phenoxy) is 1. The van der Waals surface area contributed by atoms with Gasteiger partial charge in [-0.3, -0.25) is 33.6 Å². The van der Waals surface area contributed by atoms with Crippen LogP contribution in [0.5, 0.6) is 5.75 Å². The summed E-state index contributed by atoms with van der Waals surface area (Å²) in [4.78, 5) is 89.2. The van der Waals surface area contributed by atoms with Crippen LogP contribution in [-0.4, -0.2) is 57.8 Å². The first kappa shape index (κ1) is 121. The summed E-state index contributed by atoms with van der Waals surface area (Å²) in [6.07, 6.45) is 8.96. The molecule has 0 aliphatic heterocycles. The van der Waals surface area contributed by atoms with Crippen molar-refractivity contribution >= 4 is 74.9 Å². The number of thioether (sulfide) groups is 1. The van der Waals surface area contributed by atoms with Crippen molar-refractivity contribution in [1.29, 1.82) is 0 Å². The minimum Gasteiger partial charge on any atom is -0.494 e. The van der Waals surface area contributed by atoms with Gasteiger partial charge in [0.15, 0.2) is 5.78 Å². The molecule has 0 fully saturated rings. The maximum absolute atomic E-state index is 12.1. The molecule has 3 aromatic heterocycles. The van der Waals surface area contributed by atoms with Crippen molar-refractivity contribution in [2.75, 3.05) is 12.4 Å². The zero-order valence-corrected chi connectivity index (χ0v) is 91.7. The summed E-state index contributed by atoms with van der Waals surface area (Å²) in [7, 11) is 0. The smallest absolute Gasteiger partial charge is 0.179 e. The zero-order valence-electron chi connectivity index (χ0n) is 89.2. The molecule has 0 saturated heterocycles. The summed E-state index contributed by atoms with van der Waals surface area (Å²) in [6.45, 7) is 77.4. The summed E-state index contributed by atoms with van der Waals surface area (Å²) in [5.74, 6) is 4.88. The summed E-state index contributed by atoms with van der Waals surface area (Å²) in [6, 6.07) is 62.2. The molecule has 0 aliphatic rings. The number of thiazole rings is 1. The molecule has 7 aromatic carbocycles. The van der Waals surface area contributed by atoms with Crippen molar-refractivity contribution < 1.29 is 42.7 Å². The zero-order chi connectivity index (χ0) is 102. The van der Waals surface area contributed by atoms with Crippen LogP contribution in [0.2, 0.25) is 0 Å². The number of furan rings is 1. The fraction of sp³-hybridized carbons (Fsp3) is 0.483. The molecule has 134 heavy (non-hydrogen) atoms. The van der Waals surface area contributed by atoms with Crippen LogP contribution in [0.4, 0.5) is 0 Å². The van der Waals surface area contributed by atoms with E-state index in [0.717, 1.165) is 76.0 Å². The lowest BCUT2D eigenvalue weighted by atomic mass is 9.83. The predicted octanol–water partition coefficient (Wildman–Crippen LogP) is 32.4. The standard InChI is InChI=1S/C15H22O.3C14H20O.C13H15NS.C13H20O.C13H18O.C12H17NOS2.C12H18O2/c1-11-6-8-13(9-7-11)12(2)10-14(16)15(3,4)5;2*1-11-5-7-12(8-6-11)9-10-13(15)14(2,3)4;1-11-6-5-7-12(10-11)8-9-13(15)14(2,3)4;1-13(2,3)12-14-11(9-15-12)10-7-5-4-6-8-10;1-11-5-7-12(8-6-11)14-10-9-13(2,3)4;1-10-5-7-11(8-6-10)9-12(14)13(2,3)4;1-8(13)7-16-9-5-6-15-10(9)11(14)12(2,3)4;1-8-7-14-9(2)10(8)6-11(13)12(3,4)5/h6-9,12H,10H2,1-5H3;2*5-8H,9-10H2,1-4H3;5-7,10H,8-9H2,1-4H3;4-9H,1-3H3;5-8H,9-10H2,1-4H3;5-8H,9H2,1-4H3;5-6H,1,7,13H2,2-4H3;7H,6H2,1-5H3/t12-;;;;;;;;/m0......../s1. The van der Waals surface area contributed by atoms with E-state index in [1.165, 1.54) is 77.5 Å². The van der Waals surface area contributed by atoms with Crippen molar-refractivity contribution in [3.05, 3.63) is 299 Å². The quantitative estimate of drug-likeness (QED) is 0.0447. The number of Topliss-reactive ketones (excluding diaryl/α,β-unsaturated/α-hetero) is 7. The number of aryl methyl sites for hydroxylation is 11. The normalized spacial score (nSPS) is 11.8. The highest BCUT2D eigenvalue weighted by Crippen LogP contribution is 2.35.